The Balaban J connectivity index is 1.52. The second-order valence-electron chi connectivity index (χ2n) is 6.21. The van der Waals surface area contributed by atoms with Crippen LogP contribution in [0.3, 0.4) is 0 Å². The molecule has 8 nitrogen and oxygen atoms in total. The fraction of sp³-hybridized carbons (Fsp3) is 0.105. The zero-order chi connectivity index (χ0) is 20.4. The summed E-state index contributed by atoms with van der Waals surface area (Å²) >= 11 is 0. The Kier molecular flexibility index (Phi) is 4.82. The molecule has 1 amide bonds. The summed E-state index contributed by atoms with van der Waals surface area (Å²) in [7, 11) is 0. The maximum absolute atomic E-state index is 13.9. The van der Waals surface area contributed by atoms with E-state index in [-0.39, 0.29) is 12.4 Å². The van der Waals surface area contributed by atoms with E-state index >= 15 is 0 Å². The summed E-state index contributed by atoms with van der Waals surface area (Å²) in [6, 6.07) is 14.5. The molecule has 0 atom stereocenters. The quantitative estimate of drug-likeness (QED) is 0.561. The van der Waals surface area contributed by atoms with Gasteiger partial charge in [-0.1, -0.05) is 24.3 Å². The van der Waals surface area contributed by atoms with Crippen molar-refractivity contribution < 1.29 is 13.6 Å². The van der Waals surface area contributed by atoms with Crippen LogP contribution in [0.4, 0.5) is 14.6 Å². The van der Waals surface area contributed by atoms with E-state index in [2.05, 4.69) is 25.8 Å². The van der Waals surface area contributed by atoms with Gasteiger partial charge in [0.1, 0.15) is 24.0 Å². The van der Waals surface area contributed by atoms with Gasteiger partial charge in [0.15, 0.2) is 0 Å². The average Bonchev–Trinajstić information content (AvgIpc) is 3.29. The average molecular weight is 395 g/mol. The van der Waals surface area contributed by atoms with Crippen molar-refractivity contribution in [1.82, 2.24) is 30.0 Å². The van der Waals surface area contributed by atoms with Crippen molar-refractivity contribution in [2.24, 2.45) is 0 Å². The molecule has 4 aromatic rings. The molecule has 0 aliphatic heterocycles. The van der Waals surface area contributed by atoms with Crippen LogP contribution in [0.1, 0.15) is 5.69 Å². The van der Waals surface area contributed by atoms with Crippen molar-refractivity contribution in [2.45, 2.75) is 13.5 Å². The Morgan fingerprint density at radius 2 is 1.76 bits per heavy atom. The van der Waals surface area contributed by atoms with Crippen LogP contribution < -0.4 is 5.32 Å². The monoisotopic (exact) mass is 395 g/mol. The molecule has 0 radical (unpaired) electrons. The number of aryl methyl sites for hydroxylation is 1. The Morgan fingerprint density at radius 3 is 2.48 bits per heavy atom. The van der Waals surface area contributed by atoms with E-state index < -0.39 is 23.1 Å². The first-order chi connectivity index (χ1) is 14.0. The van der Waals surface area contributed by atoms with E-state index in [9.17, 15) is 13.6 Å². The van der Waals surface area contributed by atoms with Gasteiger partial charge in [-0.15, -0.1) is 10.2 Å². The topological polar surface area (TPSA) is 90.5 Å². The molecular weight excluding hydrogens is 380 g/mol. The second-order valence-corrected chi connectivity index (χ2v) is 6.21. The molecule has 0 spiro atoms. The summed E-state index contributed by atoms with van der Waals surface area (Å²) in [4.78, 5) is 13.4. The maximum Gasteiger partial charge on any atom is 0.249 e. The van der Waals surface area contributed by atoms with Gasteiger partial charge in [0.25, 0.3) is 0 Å². The molecule has 1 N–H and O–H groups in total. The lowest BCUT2D eigenvalue weighted by Gasteiger charge is -2.08. The zero-order valence-corrected chi connectivity index (χ0v) is 15.3. The molecule has 146 valence electrons. The van der Waals surface area contributed by atoms with Gasteiger partial charge >= 0.3 is 0 Å². The van der Waals surface area contributed by atoms with Crippen LogP contribution in [0.5, 0.6) is 0 Å². The number of anilines is 1. The standard InChI is InChI=1S/C19H15F2N7O/c1-12-10-16(28(24-12)13-6-3-2-4-7-13)22-17(29)11-27-25-19(23-26-27)18-14(20)8-5-9-15(18)21/h2-10H,11H2,1H3,(H,22,29). The lowest BCUT2D eigenvalue weighted by Crippen LogP contribution is -2.22. The Hall–Kier alpha value is -3.95. The minimum absolute atomic E-state index is 0.237. The molecule has 4 rings (SSSR count). The van der Waals surface area contributed by atoms with E-state index in [0.717, 1.165) is 28.3 Å². The first kappa shape index (κ1) is 18.4. The summed E-state index contributed by atoms with van der Waals surface area (Å²) < 4.78 is 29.3. The van der Waals surface area contributed by atoms with Crippen molar-refractivity contribution in [3.63, 3.8) is 0 Å². The minimum Gasteiger partial charge on any atom is -0.309 e. The van der Waals surface area contributed by atoms with Crippen LogP contribution in [-0.4, -0.2) is 35.9 Å². The number of nitrogens with one attached hydrogen (secondary N) is 1. The third-order valence-electron chi connectivity index (χ3n) is 4.02. The smallest absolute Gasteiger partial charge is 0.249 e. The van der Waals surface area contributed by atoms with Gasteiger partial charge in [0, 0.05) is 6.07 Å². The molecule has 10 heteroatoms. The number of carbonyl (C=O) groups is 1. The van der Waals surface area contributed by atoms with Gasteiger partial charge in [-0.25, -0.2) is 13.5 Å². The number of benzene rings is 2. The summed E-state index contributed by atoms with van der Waals surface area (Å²) in [5.74, 6) is -1.83. The second kappa shape index (κ2) is 7.58. The van der Waals surface area contributed by atoms with Crippen LogP contribution in [-0.2, 0) is 11.3 Å². The SMILES string of the molecule is Cc1cc(NC(=O)Cn2nnc(-c3c(F)cccc3F)n2)n(-c2ccccc2)n1. The van der Waals surface area contributed by atoms with Crippen LogP contribution >= 0.6 is 0 Å². The minimum atomic E-state index is -0.809. The largest absolute Gasteiger partial charge is 0.309 e. The number of amides is 1. The van der Waals surface area contributed by atoms with Crippen molar-refractivity contribution >= 4 is 11.7 Å². The molecule has 2 aromatic heterocycles. The number of hydrogen-bond donors (Lipinski definition) is 1. The molecule has 0 aliphatic rings. The van der Waals surface area contributed by atoms with Gasteiger partial charge in [0.2, 0.25) is 11.7 Å². The van der Waals surface area contributed by atoms with Crippen LogP contribution in [0.2, 0.25) is 0 Å². The number of aromatic nitrogens is 6. The number of hydrogen-bond acceptors (Lipinski definition) is 5. The van der Waals surface area contributed by atoms with Gasteiger partial charge in [-0.2, -0.15) is 9.90 Å². The molecule has 2 heterocycles. The predicted molar refractivity (Wildman–Crippen MR) is 100 cm³/mol. The van der Waals surface area contributed by atoms with Crippen LogP contribution in [0.15, 0.2) is 54.6 Å². The zero-order valence-electron chi connectivity index (χ0n) is 15.3. The van der Waals surface area contributed by atoms with E-state index in [1.807, 2.05) is 37.3 Å². The van der Waals surface area contributed by atoms with E-state index in [1.54, 1.807) is 10.7 Å². The molecule has 0 unspecified atom stereocenters. The van der Waals surface area contributed by atoms with E-state index in [4.69, 9.17) is 0 Å². The Labute approximate surface area is 163 Å². The van der Waals surface area contributed by atoms with Crippen molar-refractivity contribution in [3.05, 3.63) is 71.9 Å². The lowest BCUT2D eigenvalue weighted by atomic mass is 10.2. The summed E-state index contributed by atoms with van der Waals surface area (Å²) in [5, 5.41) is 18.4. The molecule has 2 aromatic carbocycles. The first-order valence-electron chi connectivity index (χ1n) is 8.65. The maximum atomic E-state index is 13.9. The van der Waals surface area contributed by atoms with Crippen molar-refractivity contribution in [1.29, 1.82) is 0 Å². The van der Waals surface area contributed by atoms with Gasteiger partial charge in [0.05, 0.1) is 16.9 Å². The fourth-order valence-corrected chi connectivity index (χ4v) is 2.79. The number of rotatable bonds is 5. The highest BCUT2D eigenvalue weighted by molar-refractivity contribution is 5.90. The van der Waals surface area contributed by atoms with Crippen molar-refractivity contribution in [3.8, 4) is 17.1 Å². The third-order valence-corrected chi connectivity index (χ3v) is 4.02. The number of nitrogens with zero attached hydrogens (tertiary/aromatic N) is 6. The summed E-state index contributed by atoms with van der Waals surface area (Å²) in [6.45, 7) is 1.52. The van der Waals surface area contributed by atoms with Gasteiger partial charge < -0.3 is 5.32 Å². The molecule has 0 fully saturated rings. The van der Waals surface area contributed by atoms with Crippen LogP contribution in [0.25, 0.3) is 17.1 Å². The highest BCUT2D eigenvalue weighted by Crippen LogP contribution is 2.22. The normalized spacial score (nSPS) is 10.9. The lowest BCUT2D eigenvalue weighted by molar-refractivity contribution is -0.117. The number of tetrazole rings is 1. The Morgan fingerprint density at radius 1 is 1.03 bits per heavy atom. The molecule has 0 bridgehead atoms. The number of para-hydroxylation sites is 1. The van der Waals surface area contributed by atoms with Crippen molar-refractivity contribution in [2.75, 3.05) is 5.32 Å². The molecule has 0 saturated carbocycles. The van der Waals surface area contributed by atoms with Gasteiger partial charge in [-0.3, -0.25) is 4.79 Å². The Bertz CT molecular complexity index is 1150. The molecule has 0 saturated heterocycles. The fourth-order valence-electron chi connectivity index (χ4n) is 2.79. The van der Waals surface area contributed by atoms with E-state index in [1.165, 1.54) is 6.07 Å². The molecule has 29 heavy (non-hydrogen) atoms. The van der Waals surface area contributed by atoms with Gasteiger partial charge in [-0.05, 0) is 36.4 Å². The summed E-state index contributed by atoms with van der Waals surface area (Å²) in [5.41, 5.74) is 1.12. The predicted octanol–water partition coefficient (Wildman–Crippen LogP) is 2.75. The van der Waals surface area contributed by atoms with Crippen LogP contribution in [0, 0.1) is 18.6 Å². The number of halogens is 2. The summed E-state index contributed by atoms with van der Waals surface area (Å²) in [6.07, 6.45) is 0. The first-order valence-corrected chi connectivity index (χ1v) is 8.65. The van der Waals surface area contributed by atoms with E-state index in [0.29, 0.717) is 5.82 Å². The third kappa shape index (κ3) is 3.86. The highest BCUT2D eigenvalue weighted by atomic mass is 19.1. The molecule has 0 aliphatic carbocycles. The number of carbonyl (C=O) groups excluding carboxylic acids is 1. The highest BCUT2D eigenvalue weighted by Gasteiger charge is 2.18. The molecular formula is C19H15F2N7O.